The zero-order valence-electron chi connectivity index (χ0n) is 10.8. The molecule has 0 saturated carbocycles. The highest BCUT2D eigenvalue weighted by molar-refractivity contribution is 5.86. The SMILES string of the molecule is C=C(C)C(=O)OCCOC(=O)C(CC)(CO)CO. The lowest BCUT2D eigenvalue weighted by molar-refractivity contribution is -0.165. The van der Waals surface area contributed by atoms with E-state index >= 15 is 0 Å². The molecule has 0 aliphatic rings. The van der Waals surface area contributed by atoms with Gasteiger partial charge in [0.2, 0.25) is 0 Å². The van der Waals surface area contributed by atoms with Gasteiger partial charge in [-0.05, 0) is 13.3 Å². The van der Waals surface area contributed by atoms with Crippen molar-refractivity contribution in [3.05, 3.63) is 12.2 Å². The molecule has 6 heteroatoms. The lowest BCUT2D eigenvalue weighted by Gasteiger charge is -2.25. The molecule has 0 radical (unpaired) electrons. The Morgan fingerprint density at radius 3 is 2.06 bits per heavy atom. The zero-order chi connectivity index (χ0) is 14.2. The maximum absolute atomic E-state index is 11.6. The van der Waals surface area contributed by atoms with Crippen LogP contribution in [0.1, 0.15) is 20.3 Å². The molecule has 104 valence electrons. The Labute approximate surface area is 106 Å². The fourth-order valence-electron chi connectivity index (χ4n) is 1.09. The molecule has 0 aromatic heterocycles. The van der Waals surface area contributed by atoms with Crippen molar-refractivity contribution in [2.45, 2.75) is 20.3 Å². The van der Waals surface area contributed by atoms with Crippen LogP contribution in [0.5, 0.6) is 0 Å². The second-order valence-electron chi connectivity index (χ2n) is 4.00. The summed E-state index contributed by atoms with van der Waals surface area (Å²) in [6, 6.07) is 0. The van der Waals surface area contributed by atoms with Gasteiger partial charge in [-0.25, -0.2) is 4.79 Å². The van der Waals surface area contributed by atoms with Gasteiger partial charge >= 0.3 is 11.9 Å². The molecule has 0 amide bonds. The van der Waals surface area contributed by atoms with Crippen LogP contribution < -0.4 is 0 Å². The molecular weight excluding hydrogens is 240 g/mol. The van der Waals surface area contributed by atoms with E-state index in [-0.39, 0.29) is 25.2 Å². The third kappa shape index (κ3) is 4.46. The predicted molar refractivity (Wildman–Crippen MR) is 63.6 cm³/mol. The Balaban J connectivity index is 4.10. The van der Waals surface area contributed by atoms with Gasteiger partial charge < -0.3 is 19.7 Å². The number of hydrogen-bond acceptors (Lipinski definition) is 6. The average molecular weight is 260 g/mol. The van der Waals surface area contributed by atoms with E-state index in [9.17, 15) is 9.59 Å². The molecule has 0 unspecified atom stereocenters. The van der Waals surface area contributed by atoms with E-state index in [2.05, 4.69) is 6.58 Å². The molecule has 0 aliphatic carbocycles. The number of aliphatic hydroxyl groups is 2. The molecule has 0 rings (SSSR count). The van der Waals surface area contributed by atoms with Gasteiger partial charge in [-0.3, -0.25) is 4.79 Å². The van der Waals surface area contributed by atoms with Crippen molar-refractivity contribution in [1.29, 1.82) is 0 Å². The first-order valence-corrected chi connectivity index (χ1v) is 5.65. The summed E-state index contributed by atoms with van der Waals surface area (Å²) in [6.45, 7) is 5.36. The maximum Gasteiger partial charge on any atom is 0.333 e. The van der Waals surface area contributed by atoms with Crippen LogP contribution >= 0.6 is 0 Å². The van der Waals surface area contributed by atoms with Crippen molar-refractivity contribution in [3.8, 4) is 0 Å². The Kier molecular flexibility index (Phi) is 7.23. The molecule has 0 bridgehead atoms. The topological polar surface area (TPSA) is 93.1 Å². The number of aliphatic hydroxyl groups excluding tert-OH is 2. The van der Waals surface area contributed by atoms with E-state index in [1.54, 1.807) is 6.92 Å². The van der Waals surface area contributed by atoms with E-state index in [1.165, 1.54) is 6.92 Å². The number of esters is 2. The molecule has 0 fully saturated rings. The summed E-state index contributed by atoms with van der Waals surface area (Å²) >= 11 is 0. The van der Waals surface area contributed by atoms with E-state index in [0.29, 0.717) is 0 Å². The summed E-state index contributed by atoms with van der Waals surface area (Å²) in [5.74, 6) is -1.27. The number of carbonyl (C=O) groups is 2. The Bertz CT molecular complexity index is 297. The monoisotopic (exact) mass is 260 g/mol. The molecular formula is C12H20O6. The largest absolute Gasteiger partial charge is 0.462 e. The number of hydrogen-bond donors (Lipinski definition) is 2. The molecule has 0 spiro atoms. The highest BCUT2D eigenvalue weighted by Crippen LogP contribution is 2.22. The Hall–Kier alpha value is -1.40. The van der Waals surface area contributed by atoms with Crippen LogP contribution in [0.4, 0.5) is 0 Å². The van der Waals surface area contributed by atoms with Crippen LogP contribution in [0.25, 0.3) is 0 Å². The molecule has 18 heavy (non-hydrogen) atoms. The van der Waals surface area contributed by atoms with E-state index in [0.717, 1.165) is 0 Å². The third-order valence-corrected chi connectivity index (χ3v) is 2.61. The number of carbonyl (C=O) groups excluding carboxylic acids is 2. The van der Waals surface area contributed by atoms with Crippen molar-refractivity contribution in [3.63, 3.8) is 0 Å². The maximum atomic E-state index is 11.6. The van der Waals surface area contributed by atoms with Crippen LogP contribution in [-0.2, 0) is 19.1 Å². The van der Waals surface area contributed by atoms with E-state index in [1.807, 2.05) is 0 Å². The highest BCUT2D eigenvalue weighted by Gasteiger charge is 2.37. The van der Waals surface area contributed by atoms with Gasteiger partial charge in [0.05, 0.1) is 13.2 Å². The second kappa shape index (κ2) is 7.84. The fraction of sp³-hybridized carbons (Fsp3) is 0.667. The van der Waals surface area contributed by atoms with Crippen molar-refractivity contribution < 1.29 is 29.3 Å². The molecule has 0 saturated heterocycles. The molecule has 0 aliphatic heterocycles. The molecule has 0 heterocycles. The molecule has 6 nitrogen and oxygen atoms in total. The molecule has 0 aromatic rings. The normalized spacial score (nSPS) is 10.9. The lowest BCUT2D eigenvalue weighted by atomic mass is 9.87. The van der Waals surface area contributed by atoms with Gasteiger partial charge in [0, 0.05) is 5.57 Å². The van der Waals surface area contributed by atoms with Gasteiger partial charge in [-0.15, -0.1) is 0 Å². The van der Waals surface area contributed by atoms with Crippen molar-refractivity contribution >= 4 is 11.9 Å². The number of rotatable bonds is 8. The molecule has 0 atom stereocenters. The standard InChI is InChI=1S/C12H20O6/c1-4-12(7-13,8-14)11(16)18-6-5-17-10(15)9(2)3/h13-14H,2,4-8H2,1,3H3. The predicted octanol–water partition coefficient (Wildman–Crippen LogP) is 0.0299. The van der Waals surface area contributed by atoms with Gasteiger partial charge in [0.1, 0.15) is 18.6 Å². The summed E-state index contributed by atoms with van der Waals surface area (Å²) in [5, 5.41) is 18.2. The molecule has 2 N–H and O–H groups in total. The van der Waals surface area contributed by atoms with E-state index in [4.69, 9.17) is 19.7 Å². The minimum absolute atomic E-state index is 0.0892. The lowest BCUT2D eigenvalue weighted by Crippen LogP contribution is -2.40. The first kappa shape index (κ1) is 16.6. The summed E-state index contributed by atoms with van der Waals surface area (Å²) in [6.07, 6.45) is 0.254. The van der Waals surface area contributed by atoms with Gasteiger partial charge in [0.15, 0.2) is 0 Å². The average Bonchev–Trinajstić information content (AvgIpc) is 2.37. The second-order valence-corrected chi connectivity index (χ2v) is 4.00. The summed E-state index contributed by atoms with van der Waals surface area (Å²) in [4.78, 5) is 22.6. The summed E-state index contributed by atoms with van der Waals surface area (Å²) in [5.41, 5.74) is -1.03. The third-order valence-electron chi connectivity index (χ3n) is 2.61. The Morgan fingerprint density at radius 1 is 1.17 bits per heavy atom. The minimum atomic E-state index is -1.29. The van der Waals surface area contributed by atoms with Gasteiger partial charge in [0.25, 0.3) is 0 Å². The van der Waals surface area contributed by atoms with Crippen LogP contribution in [0.15, 0.2) is 12.2 Å². The van der Waals surface area contributed by atoms with Crippen LogP contribution in [0.2, 0.25) is 0 Å². The Morgan fingerprint density at radius 2 is 1.67 bits per heavy atom. The summed E-state index contributed by atoms with van der Waals surface area (Å²) in [7, 11) is 0. The van der Waals surface area contributed by atoms with Gasteiger partial charge in [-0.2, -0.15) is 0 Å². The zero-order valence-corrected chi connectivity index (χ0v) is 10.8. The van der Waals surface area contributed by atoms with Crippen molar-refractivity contribution in [1.82, 2.24) is 0 Å². The van der Waals surface area contributed by atoms with Crippen LogP contribution in [0.3, 0.4) is 0 Å². The molecule has 0 aromatic carbocycles. The summed E-state index contributed by atoms with van der Waals surface area (Å²) < 4.78 is 9.57. The quantitative estimate of drug-likeness (QED) is 0.363. The van der Waals surface area contributed by atoms with Gasteiger partial charge in [-0.1, -0.05) is 13.5 Å². The fourth-order valence-corrected chi connectivity index (χ4v) is 1.09. The highest BCUT2D eigenvalue weighted by atomic mass is 16.6. The van der Waals surface area contributed by atoms with Crippen LogP contribution in [-0.4, -0.2) is 48.6 Å². The van der Waals surface area contributed by atoms with Crippen LogP contribution in [0, 0.1) is 5.41 Å². The van der Waals surface area contributed by atoms with E-state index < -0.39 is 30.6 Å². The first-order chi connectivity index (χ1) is 8.43. The minimum Gasteiger partial charge on any atom is -0.462 e. The van der Waals surface area contributed by atoms with Crippen molar-refractivity contribution in [2.75, 3.05) is 26.4 Å². The first-order valence-electron chi connectivity index (χ1n) is 5.65. The van der Waals surface area contributed by atoms with Crippen molar-refractivity contribution in [2.24, 2.45) is 5.41 Å². The smallest absolute Gasteiger partial charge is 0.333 e. The number of ether oxygens (including phenoxy) is 2.